The molecule has 0 saturated heterocycles. The van der Waals surface area contributed by atoms with E-state index < -0.39 is 5.60 Å². The molecule has 0 radical (unpaired) electrons. The van der Waals surface area contributed by atoms with E-state index in [1.54, 1.807) is 0 Å². The molecule has 1 amide bonds. The first-order valence-corrected chi connectivity index (χ1v) is 15.1. The summed E-state index contributed by atoms with van der Waals surface area (Å²) in [5.74, 6) is 0.787. The maximum absolute atomic E-state index is 12.0. The van der Waals surface area contributed by atoms with Gasteiger partial charge < -0.3 is 20.1 Å². The molecule has 0 aromatic rings. The Morgan fingerprint density at radius 3 is 1.92 bits per heavy atom. The molecule has 0 rings (SSSR count). The molecule has 0 spiro atoms. The second kappa shape index (κ2) is 24.1. The molecule has 0 atom stereocenters. The number of amides is 1. The first-order chi connectivity index (χ1) is 17.3. The van der Waals surface area contributed by atoms with Crippen molar-refractivity contribution in [1.29, 1.82) is 0 Å². The summed E-state index contributed by atoms with van der Waals surface area (Å²) >= 11 is 0. The van der Waals surface area contributed by atoms with Crippen molar-refractivity contribution in [1.82, 2.24) is 10.6 Å². The van der Waals surface area contributed by atoms with E-state index in [0.717, 1.165) is 57.5 Å². The van der Waals surface area contributed by atoms with Crippen LogP contribution in [0.15, 0.2) is 0 Å². The van der Waals surface area contributed by atoms with Gasteiger partial charge in [0.05, 0.1) is 6.61 Å². The van der Waals surface area contributed by atoms with Crippen LogP contribution >= 0.6 is 0 Å². The molecule has 0 unspecified atom stereocenters. The van der Waals surface area contributed by atoms with E-state index >= 15 is 0 Å². The highest BCUT2D eigenvalue weighted by atomic mass is 16.6. The number of esters is 1. The number of nitrogens with one attached hydrogen (secondary N) is 2. The monoisotopic (exact) mass is 512 g/mol. The lowest BCUT2D eigenvalue weighted by Gasteiger charge is -2.19. The summed E-state index contributed by atoms with van der Waals surface area (Å²) in [5, 5.41) is 6.19. The second-order valence-electron chi connectivity index (χ2n) is 11.3. The lowest BCUT2D eigenvalue weighted by molar-refractivity contribution is -0.144. The molecule has 214 valence electrons. The van der Waals surface area contributed by atoms with Gasteiger partial charge in [-0.2, -0.15) is 0 Å². The lowest BCUT2D eigenvalue weighted by Crippen LogP contribution is -2.34. The summed E-state index contributed by atoms with van der Waals surface area (Å²) in [7, 11) is 0. The highest BCUT2D eigenvalue weighted by molar-refractivity contribution is 5.69. The normalized spacial score (nSPS) is 11.6. The van der Waals surface area contributed by atoms with E-state index in [4.69, 9.17) is 9.47 Å². The van der Waals surface area contributed by atoms with Gasteiger partial charge in [0, 0.05) is 13.0 Å². The highest BCUT2D eigenvalue weighted by Gasteiger charge is 2.15. The van der Waals surface area contributed by atoms with Gasteiger partial charge in [0.1, 0.15) is 5.60 Å². The van der Waals surface area contributed by atoms with E-state index in [9.17, 15) is 9.59 Å². The fourth-order valence-corrected chi connectivity index (χ4v) is 4.32. The maximum Gasteiger partial charge on any atom is 0.407 e. The quantitative estimate of drug-likeness (QED) is 0.101. The van der Waals surface area contributed by atoms with Gasteiger partial charge in [-0.3, -0.25) is 4.79 Å². The second-order valence-corrected chi connectivity index (χ2v) is 11.3. The van der Waals surface area contributed by atoms with Crippen LogP contribution in [0.5, 0.6) is 0 Å². The third-order valence-electron chi connectivity index (χ3n) is 6.38. The number of carbonyl (C=O) groups is 2. The van der Waals surface area contributed by atoms with Gasteiger partial charge in [0.15, 0.2) is 0 Å². The molecular formula is C30H60N2O4. The largest absolute Gasteiger partial charge is 0.466 e. The number of alkyl carbamates (subject to hydrolysis) is 1. The van der Waals surface area contributed by atoms with E-state index in [2.05, 4.69) is 24.5 Å². The van der Waals surface area contributed by atoms with Crippen LogP contribution in [0.2, 0.25) is 0 Å². The van der Waals surface area contributed by atoms with Crippen molar-refractivity contribution in [2.45, 2.75) is 149 Å². The van der Waals surface area contributed by atoms with Crippen LogP contribution in [0, 0.1) is 5.92 Å². The first kappa shape index (κ1) is 34.7. The fourth-order valence-electron chi connectivity index (χ4n) is 4.32. The van der Waals surface area contributed by atoms with Crippen molar-refractivity contribution in [2.75, 3.05) is 26.2 Å². The average molecular weight is 513 g/mol. The predicted octanol–water partition coefficient (Wildman–Crippen LogP) is 7.93. The Hall–Kier alpha value is -1.30. The maximum atomic E-state index is 12.0. The van der Waals surface area contributed by atoms with E-state index in [0.29, 0.717) is 19.6 Å². The number of hydrogen-bond acceptors (Lipinski definition) is 5. The number of rotatable bonds is 24. The molecule has 0 saturated carbocycles. The number of hydrogen-bond donors (Lipinski definition) is 2. The molecule has 0 fully saturated rings. The van der Waals surface area contributed by atoms with Crippen LogP contribution in [0.1, 0.15) is 144 Å². The topological polar surface area (TPSA) is 76.7 Å². The third-order valence-corrected chi connectivity index (χ3v) is 6.38. The Balaban J connectivity index is 3.54. The summed E-state index contributed by atoms with van der Waals surface area (Å²) < 4.78 is 10.7. The van der Waals surface area contributed by atoms with Crippen molar-refractivity contribution in [3.05, 3.63) is 0 Å². The molecule has 0 aliphatic carbocycles. The zero-order valence-electron chi connectivity index (χ0n) is 24.6. The van der Waals surface area contributed by atoms with Crippen molar-refractivity contribution in [3.8, 4) is 0 Å². The van der Waals surface area contributed by atoms with E-state index in [-0.39, 0.29) is 12.1 Å². The van der Waals surface area contributed by atoms with Gasteiger partial charge in [-0.1, -0.05) is 84.5 Å². The fraction of sp³-hybridized carbons (Fsp3) is 0.933. The third kappa shape index (κ3) is 25.8. The van der Waals surface area contributed by atoms with Crippen LogP contribution in [0.3, 0.4) is 0 Å². The molecule has 0 aliphatic rings. The first-order valence-electron chi connectivity index (χ1n) is 15.1. The van der Waals surface area contributed by atoms with Gasteiger partial charge in [-0.25, -0.2) is 4.79 Å². The summed E-state index contributed by atoms with van der Waals surface area (Å²) in [6.07, 6.45) is 19.4. The lowest BCUT2D eigenvalue weighted by atomic mass is 9.91. The summed E-state index contributed by atoms with van der Waals surface area (Å²) in [6.45, 7) is 13.2. The minimum Gasteiger partial charge on any atom is -0.466 e. The zero-order valence-corrected chi connectivity index (χ0v) is 24.6. The summed E-state index contributed by atoms with van der Waals surface area (Å²) in [5.41, 5.74) is -0.451. The SMILES string of the molecule is CCCCCC(CCCCC)CCCOC(=O)CCCCCCCNCCCNC(=O)OC(C)(C)C. The Labute approximate surface area is 223 Å². The molecule has 0 aromatic carbocycles. The van der Waals surface area contributed by atoms with Gasteiger partial charge in [0.2, 0.25) is 0 Å². The summed E-state index contributed by atoms with van der Waals surface area (Å²) in [4.78, 5) is 23.6. The Morgan fingerprint density at radius 1 is 0.694 bits per heavy atom. The minimum atomic E-state index is -0.451. The number of ether oxygens (including phenoxy) is 2. The van der Waals surface area contributed by atoms with Crippen LogP contribution in [0.4, 0.5) is 4.79 Å². The molecule has 0 aliphatic heterocycles. The average Bonchev–Trinajstić information content (AvgIpc) is 2.81. The Kier molecular flexibility index (Phi) is 23.2. The molecule has 0 heterocycles. The van der Waals surface area contributed by atoms with Crippen LogP contribution in [-0.4, -0.2) is 43.9 Å². The van der Waals surface area contributed by atoms with Crippen molar-refractivity contribution in [2.24, 2.45) is 5.92 Å². The van der Waals surface area contributed by atoms with Crippen LogP contribution in [0.25, 0.3) is 0 Å². The summed E-state index contributed by atoms with van der Waals surface area (Å²) in [6, 6.07) is 0. The Morgan fingerprint density at radius 2 is 1.28 bits per heavy atom. The molecule has 36 heavy (non-hydrogen) atoms. The standard InChI is InChI=1S/C30H60N2O4/c1-6-8-13-19-27(20-14-9-7-2)21-17-26-35-28(33)22-15-11-10-12-16-23-31-24-18-25-32-29(34)36-30(3,4)5/h27,31H,6-26H2,1-5H3,(H,32,34). The molecule has 6 heteroatoms. The van der Waals surface area contributed by atoms with Crippen molar-refractivity contribution >= 4 is 12.1 Å². The minimum absolute atomic E-state index is 0.0230. The number of unbranched alkanes of at least 4 members (excludes halogenated alkanes) is 8. The molecule has 6 nitrogen and oxygen atoms in total. The number of carbonyl (C=O) groups excluding carboxylic acids is 2. The molecule has 0 bridgehead atoms. The van der Waals surface area contributed by atoms with Gasteiger partial charge in [-0.15, -0.1) is 0 Å². The predicted molar refractivity (Wildman–Crippen MR) is 151 cm³/mol. The van der Waals surface area contributed by atoms with Gasteiger partial charge in [-0.05, 0) is 71.9 Å². The van der Waals surface area contributed by atoms with E-state index in [1.165, 1.54) is 64.2 Å². The van der Waals surface area contributed by atoms with Crippen LogP contribution in [-0.2, 0) is 14.3 Å². The molecule has 0 aromatic heterocycles. The van der Waals surface area contributed by atoms with Crippen molar-refractivity contribution < 1.29 is 19.1 Å². The smallest absolute Gasteiger partial charge is 0.407 e. The van der Waals surface area contributed by atoms with Gasteiger partial charge in [0.25, 0.3) is 0 Å². The zero-order chi connectivity index (χ0) is 26.9. The van der Waals surface area contributed by atoms with Crippen molar-refractivity contribution in [3.63, 3.8) is 0 Å². The van der Waals surface area contributed by atoms with Gasteiger partial charge >= 0.3 is 12.1 Å². The highest BCUT2D eigenvalue weighted by Crippen LogP contribution is 2.22. The Bertz CT molecular complexity index is 510. The molecule has 2 N–H and O–H groups in total. The molecular weight excluding hydrogens is 452 g/mol. The van der Waals surface area contributed by atoms with E-state index in [1.807, 2.05) is 20.8 Å². The van der Waals surface area contributed by atoms with Crippen LogP contribution < -0.4 is 10.6 Å².